The molecule has 2 aromatic carbocycles. The van der Waals surface area contributed by atoms with E-state index in [-0.39, 0.29) is 24.2 Å². The lowest BCUT2D eigenvalue weighted by Crippen LogP contribution is -2.33. The molecule has 0 aliphatic heterocycles. The largest absolute Gasteiger partial charge is 0.485 e. The number of rotatable bonds is 13. The first-order chi connectivity index (χ1) is 18.4. The number of alkyl halides is 1. The van der Waals surface area contributed by atoms with Gasteiger partial charge in [-0.25, -0.2) is 9.97 Å². The van der Waals surface area contributed by atoms with Crippen LogP contribution in [0.2, 0.25) is 0 Å². The third-order valence-electron chi connectivity index (χ3n) is 6.26. The number of para-hydroxylation sites is 2. The average Bonchev–Trinajstić information content (AvgIpc) is 3.29. The maximum Gasteiger partial charge on any atom is 0.237 e. The number of fused-ring (bicyclic) bond motifs is 3. The van der Waals surface area contributed by atoms with Gasteiger partial charge in [0, 0.05) is 44.1 Å². The van der Waals surface area contributed by atoms with Gasteiger partial charge in [-0.1, -0.05) is 36.4 Å². The fourth-order valence-electron chi connectivity index (χ4n) is 4.49. The number of nitrogens with two attached hydrogens (primary N) is 1. The smallest absolute Gasteiger partial charge is 0.237 e. The zero-order valence-electron chi connectivity index (χ0n) is 21.7. The Morgan fingerprint density at radius 3 is 2.63 bits per heavy atom. The number of imidazole rings is 1. The van der Waals surface area contributed by atoms with Gasteiger partial charge >= 0.3 is 0 Å². The predicted molar refractivity (Wildman–Crippen MR) is 148 cm³/mol. The molecule has 2 aromatic heterocycles. The number of carbonyl (C=O) groups is 2. The van der Waals surface area contributed by atoms with Crippen LogP contribution in [0.3, 0.4) is 0 Å². The molecule has 0 unspecified atom stereocenters. The highest BCUT2D eigenvalue weighted by molar-refractivity contribution is 6.27. The van der Waals surface area contributed by atoms with Crippen molar-refractivity contribution in [1.29, 1.82) is 0 Å². The number of halogens is 1. The first-order valence-electron chi connectivity index (χ1n) is 12.5. The number of nitrogens with zero attached hydrogens (tertiary/aromatic N) is 4. The molecule has 0 bridgehead atoms. The molecule has 1 amide bonds. The molecule has 0 fully saturated rings. The van der Waals surface area contributed by atoms with E-state index in [1.165, 1.54) is 6.92 Å². The zero-order chi connectivity index (χ0) is 27.1. The summed E-state index contributed by atoms with van der Waals surface area (Å²) in [4.78, 5) is 35.2. The molecule has 0 spiro atoms. The second-order valence-corrected chi connectivity index (χ2v) is 9.30. The van der Waals surface area contributed by atoms with Gasteiger partial charge in [0.1, 0.15) is 29.6 Å². The first-order valence-corrected chi connectivity index (χ1v) is 13.0. The monoisotopic (exact) mass is 537 g/mol. The second kappa shape index (κ2) is 12.7. The summed E-state index contributed by atoms with van der Waals surface area (Å²) in [5.74, 6) is 1.43. The molecule has 0 aliphatic rings. The SMILES string of the molecule is COCCc1nc2c(N)nc3ccccc3c2n1CCCN(Cc1ccccc1OCC(C)=O)C(=O)CCl. The normalized spacial score (nSPS) is 11.2. The van der Waals surface area contributed by atoms with Crippen molar-refractivity contribution in [3.8, 4) is 5.75 Å². The molecule has 200 valence electrons. The molecule has 4 rings (SSSR count). The first kappa shape index (κ1) is 27.3. The Kier molecular flexibility index (Phi) is 9.15. The number of ketones is 1. The Bertz CT molecular complexity index is 1440. The summed E-state index contributed by atoms with van der Waals surface area (Å²) in [6, 6.07) is 15.3. The van der Waals surface area contributed by atoms with Crippen LogP contribution < -0.4 is 10.5 Å². The van der Waals surface area contributed by atoms with E-state index in [4.69, 9.17) is 31.8 Å². The number of Topliss-reactive ketones (excluding diaryl/α,β-unsaturated/α-hetero) is 1. The van der Waals surface area contributed by atoms with Crippen molar-refractivity contribution in [1.82, 2.24) is 19.4 Å². The van der Waals surface area contributed by atoms with E-state index in [2.05, 4.69) is 9.55 Å². The maximum atomic E-state index is 12.8. The highest BCUT2D eigenvalue weighted by Crippen LogP contribution is 2.29. The second-order valence-electron chi connectivity index (χ2n) is 9.03. The number of anilines is 1. The average molecular weight is 538 g/mol. The standard InChI is InChI=1S/C28H32ClN5O4/c1-19(35)18-38-23-11-6-3-8-20(23)17-33(25(36)16-29)13-7-14-34-24(12-15-37-2)32-26-27(34)21-9-4-5-10-22(21)31-28(26)30/h3-6,8-11H,7,12-18H2,1-2H3,(H2,30,31). The van der Waals surface area contributed by atoms with Crippen LogP contribution in [0.15, 0.2) is 48.5 Å². The van der Waals surface area contributed by atoms with Crippen LogP contribution >= 0.6 is 11.6 Å². The molecule has 10 heteroatoms. The van der Waals surface area contributed by atoms with E-state index in [0.717, 1.165) is 27.8 Å². The topological polar surface area (TPSA) is 113 Å². The number of amides is 1. The van der Waals surface area contributed by atoms with Gasteiger partial charge in [0.05, 0.1) is 17.6 Å². The number of ether oxygens (including phenoxy) is 2. The number of aromatic nitrogens is 3. The fourth-order valence-corrected chi connectivity index (χ4v) is 4.66. The van der Waals surface area contributed by atoms with Crippen molar-refractivity contribution in [2.45, 2.75) is 32.9 Å². The third kappa shape index (κ3) is 6.23. The minimum absolute atomic E-state index is 0.0234. The van der Waals surface area contributed by atoms with Crippen molar-refractivity contribution in [2.75, 3.05) is 38.5 Å². The van der Waals surface area contributed by atoms with Crippen molar-refractivity contribution in [3.05, 3.63) is 59.9 Å². The summed E-state index contributed by atoms with van der Waals surface area (Å²) in [5, 5.41) is 0.970. The number of hydrogen-bond acceptors (Lipinski definition) is 7. The van der Waals surface area contributed by atoms with Gasteiger partial charge < -0.3 is 24.7 Å². The number of methoxy groups -OCH3 is 1. The number of benzene rings is 2. The van der Waals surface area contributed by atoms with E-state index in [1.54, 1.807) is 18.1 Å². The summed E-state index contributed by atoms with van der Waals surface area (Å²) in [6.45, 7) is 3.36. The van der Waals surface area contributed by atoms with Crippen molar-refractivity contribution >= 4 is 51.0 Å². The van der Waals surface area contributed by atoms with Crippen LogP contribution in [0.1, 0.15) is 24.7 Å². The van der Waals surface area contributed by atoms with Crippen LogP contribution in [-0.2, 0) is 33.8 Å². The van der Waals surface area contributed by atoms with Crippen LogP contribution in [0.5, 0.6) is 5.75 Å². The number of nitrogen functional groups attached to an aromatic ring is 1. The predicted octanol–water partition coefficient (Wildman–Crippen LogP) is 3.98. The molecule has 2 heterocycles. The van der Waals surface area contributed by atoms with E-state index in [1.807, 2.05) is 42.5 Å². The lowest BCUT2D eigenvalue weighted by molar-refractivity contribution is -0.129. The van der Waals surface area contributed by atoms with E-state index in [9.17, 15) is 9.59 Å². The summed E-state index contributed by atoms with van der Waals surface area (Å²) in [7, 11) is 1.66. The number of aryl methyl sites for hydroxylation is 1. The Morgan fingerprint density at radius 2 is 1.87 bits per heavy atom. The summed E-state index contributed by atoms with van der Waals surface area (Å²) >= 11 is 5.96. The van der Waals surface area contributed by atoms with E-state index >= 15 is 0 Å². The van der Waals surface area contributed by atoms with Crippen molar-refractivity contribution in [2.24, 2.45) is 0 Å². The van der Waals surface area contributed by atoms with Gasteiger partial charge in [-0.15, -0.1) is 11.6 Å². The third-order valence-corrected chi connectivity index (χ3v) is 6.49. The molecule has 0 saturated carbocycles. The summed E-state index contributed by atoms with van der Waals surface area (Å²) in [6.07, 6.45) is 1.27. The fraction of sp³-hybridized carbons (Fsp3) is 0.357. The van der Waals surface area contributed by atoms with Crippen LogP contribution in [0.25, 0.3) is 21.9 Å². The molecule has 0 atom stereocenters. The summed E-state index contributed by atoms with van der Waals surface area (Å²) in [5.41, 5.74) is 9.50. The Morgan fingerprint density at radius 1 is 1.11 bits per heavy atom. The molecule has 0 aliphatic carbocycles. The maximum absolute atomic E-state index is 12.8. The molecule has 0 saturated heterocycles. The quantitative estimate of drug-likeness (QED) is 0.257. The molecular formula is C28H32ClN5O4. The zero-order valence-corrected chi connectivity index (χ0v) is 22.4. The lowest BCUT2D eigenvalue weighted by Gasteiger charge is -2.23. The highest BCUT2D eigenvalue weighted by Gasteiger charge is 2.19. The lowest BCUT2D eigenvalue weighted by atomic mass is 10.1. The van der Waals surface area contributed by atoms with Gasteiger partial charge in [0.2, 0.25) is 5.91 Å². The molecule has 0 radical (unpaired) electrons. The van der Waals surface area contributed by atoms with Gasteiger partial charge in [-0.3, -0.25) is 9.59 Å². The minimum Gasteiger partial charge on any atom is -0.485 e. The van der Waals surface area contributed by atoms with Crippen LogP contribution in [0.4, 0.5) is 5.82 Å². The van der Waals surface area contributed by atoms with Crippen LogP contribution in [-0.4, -0.2) is 63.9 Å². The van der Waals surface area contributed by atoms with E-state index in [0.29, 0.717) is 56.2 Å². The van der Waals surface area contributed by atoms with Crippen molar-refractivity contribution in [3.63, 3.8) is 0 Å². The van der Waals surface area contributed by atoms with Gasteiger partial charge in [-0.2, -0.15) is 0 Å². The van der Waals surface area contributed by atoms with Crippen molar-refractivity contribution < 1.29 is 19.1 Å². The molecule has 9 nitrogen and oxygen atoms in total. The van der Waals surface area contributed by atoms with E-state index < -0.39 is 0 Å². The molecule has 4 aromatic rings. The number of carbonyl (C=O) groups excluding carboxylic acids is 2. The minimum atomic E-state index is -0.179. The Labute approximate surface area is 226 Å². The van der Waals surface area contributed by atoms with Gasteiger partial charge in [-0.05, 0) is 25.5 Å². The molecule has 38 heavy (non-hydrogen) atoms. The van der Waals surface area contributed by atoms with Gasteiger partial charge in [0.15, 0.2) is 11.6 Å². The number of hydrogen-bond donors (Lipinski definition) is 1. The number of pyridine rings is 1. The molecule has 2 N–H and O–H groups in total. The summed E-state index contributed by atoms with van der Waals surface area (Å²) < 4.78 is 13.1. The highest BCUT2D eigenvalue weighted by atomic mass is 35.5. The molecular weight excluding hydrogens is 506 g/mol. The Hall–Kier alpha value is -3.69. The Balaban J connectivity index is 1.59. The van der Waals surface area contributed by atoms with Crippen LogP contribution in [0, 0.1) is 0 Å². The van der Waals surface area contributed by atoms with Gasteiger partial charge in [0.25, 0.3) is 0 Å².